The summed E-state index contributed by atoms with van der Waals surface area (Å²) in [7, 11) is 0. The van der Waals surface area contributed by atoms with Gasteiger partial charge in [0.2, 0.25) is 0 Å². The Bertz CT molecular complexity index is 360. The zero-order valence-electron chi connectivity index (χ0n) is 7.54. The first-order valence-corrected chi connectivity index (χ1v) is 4.34. The van der Waals surface area contributed by atoms with Gasteiger partial charge in [-0.15, -0.1) is 0 Å². The number of hydrogen-bond acceptors (Lipinski definition) is 3. The fraction of sp³-hybridized carbons (Fsp3) is 0.625. The van der Waals surface area contributed by atoms with Crippen LogP contribution in [0.4, 0.5) is 5.69 Å². The third-order valence-electron chi connectivity index (χ3n) is 2.41. The fourth-order valence-electron chi connectivity index (χ4n) is 1.56. The van der Waals surface area contributed by atoms with Crippen molar-refractivity contribution in [2.75, 3.05) is 18.9 Å². The average molecular weight is 183 g/mol. The molecule has 13 heavy (non-hydrogen) atoms. The largest absolute Gasteiger partial charge is 0.393 e. The number of aromatic nitrogens is 2. The molecule has 2 rings (SSSR count). The van der Waals surface area contributed by atoms with Gasteiger partial charge in [-0.1, -0.05) is 0 Å². The van der Waals surface area contributed by atoms with Gasteiger partial charge in [0.15, 0.2) is 0 Å². The van der Waals surface area contributed by atoms with Gasteiger partial charge in [0, 0.05) is 6.61 Å². The van der Waals surface area contributed by atoms with Crippen molar-refractivity contribution in [2.24, 2.45) is 0 Å². The molecule has 0 radical (unpaired) electrons. The van der Waals surface area contributed by atoms with Crippen molar-refractivity contribution in [3.63, 3.8) is 0 Å². The lowest BCUT2D eigenvalue weighted by Crippen LogP contribution is -2.23. The van der Waals surface area contributed by atoms with E-state index in [1.807, 2.05) is 0 Å². The molecular formula is C8H13N3O2. The Morgan fingerprint density at radius 2 is 2.46 bits per heavy atom. The van der Waals surface area contributed by atoms with Crippen molar-refractivity contribution in [1.29, 1.82) is 0 Å². The molecule has 0 aromatic carbocycles. The van der Waals surface area contributed by atoms with Gasteiger partial charge in [-0.2, -0.15) is 0 Å². The van der Waals surface area contributed by atoms with Crippen LogP contribution < -0.4 is 11.3 Å². The normalized spacial score (nSPS) is 22.4. The van der Waals surface area contributed by atoms with Crippen molar-refractivity contribution < 1.29 is 4.74 Å². The molecule has 0 aliphatic carbocycles. The number of ether oxygens (including phenoxy) is 1. The Hall–Kier alpha value is -1.23. The van der Waals surface area contributed by atoms with Crippen molar-refractivity contribution in [2.45, 2.75) is 19.4 Å². The van der Waals surface area contributed by atoms with Gasteiger partial charge in [-0.3, -0.25) is 9.89 Å². The molecular weight excluding hydrogens is 170 g/mol. The van der Waals surface area contributed by atoms with Gasteiger partial charge in [-0.05, 0) is 13.3 Å². The highest BCUT2D eigenvalue weighted by Crippen LogP contribution is 2.17. The zero-order chi connectivity index (χ0) is 9.42. The highest BCUT2D eigenvalue weighted by Gasteiger charge is 2.21. The van der Waals surface area contributed by atoms with Crippen LogP contribution in [-0.2, 0) is 4.74 Å². The molecule has 72 valence electrons. The highest BCUT2D eigenvalue weighted by atomic mass is 16.5. The summed E-state index contributed by atoms with van der Waals surface area (Å²) in [5.74, 6) is 0. The van der Waals surface area contributed by atoms with E-state index in [2.05, 4.69) is 5.10 Å². The number of anilines is 1. The molecule has 1 atom stereocenters. The maximum absolute atomic E-state index is 11.5. The number of hydrogen-bond donors (Lipinski definition) is 2. The van der Waals surface area contributed by atoms with E-state index in [4.69, 9.17) is 10.5 Å². The number of aryl methyl sites for hydroxylation is 1. The summed E-state index contributed by atoms with van der Waals surface area (Å²) in [4.78, 5) is 11.5. The molecule has 0 saturated carbocycles. The summed E-state index contributed by atoms with van der Waals surface area (Å²) in [5.41, 5.74) is 6.48. The smallest absolute Gasteiger partial charge is 0.290 e. The number of aromatic amines is 1. The van der Waals surface area contributed by atoms with Crippen LogP contribution in [0.1, 0.15) is 18.2 Å². The molecule has 0 bridgehead atoms. The lowest BCUT2D eigenvalue weighted by molar-refractivity contribution is 0.184. The Labute approximate surface area is 75.5 Å². The van der Waals surface area contributed by atoms with Crippen LogP contribution in [0.15, 0.2) is 4.79 Å². The zero-order valence-corrected chi connectivity index (χ0v) is 7.54. The van der Waals surface area contributed by atoms with Crippen LogP contribution in [-0.4, -0.2) is 23.0 Å². The summed E-state index contributed by atoms with van der Waals surface area (Å²) in [6.45, 7) is 3.11. The molecule has 1 aliphatic rings. The van der Waals surface area contributed by atoms with Gasteiger partial charge in [0.1, 0.15) is 5.69 Å². The van der Waals surface area contributed by atoms with Crippen LogP contribution in [0.3, 0.4) is 0 Å². The van der Waals surface area contributed by atoms with Crippen molar-refractivity contribution in [1.82, 2.24) is 9.78 Å². The summed E-state index contributed by atoms with van der Waals surface area (Å²) in [6, 6.07) is 0.128. The van der Waals surface area contributed by atoms with Crippen LogP contribution in [0.2, 0.25) is 0 Å². The highest BCUT2D eigenvalue weighted by molar-refractivity contribution is 5.39. The lowest BCUT2D eigenvalue weighted by atomic mass is 10.3. The lowest BCUT2D eigenvalue weighted by Gasteiger charge is -2.06. The van der Waals surface area contributed by atoms with Crippen molar-refractivity contribution in [3.05, 3.63) is 16.0 Å². The van der Waals surface area contributed by atoms with E-state index in [1.54, 1.807) is 11.6 Å². The topological polar surface area (TPSA) is 73.0 Å². The minimum absolute atomic E-state index is 0.128. The monoisotopic (exact) mass is 183 g/mol. The first kappa shape index (κ1) is 8.37. The van der Waals surface area contributed by atoms with Crippen LogP contribution in [0.5, 0.6) is 0 Å². The Kier molecular flexibility index (Phi) is 1.88. The number of nitrogen functional groups attached to an aromatic ring is 1. The first-order chi connectivity index (χ1) is 6.20. The molecule has 1 fully saturated rings. The summed E-state index contributed by atoms with van der Waals surface area (Å²) < 4.78 is 6.76. The number of nitrogens with one attached hydrogen (secondary N) is 1. The van der Waals surface area contributed by atoms with Gasteiger partial charge in [-0.25, -0.2) is 4.68 Å². The molecule has 3 N–H and O–H groups in total. The van der Waals surface area contributed by atoms with Crippen molar-refractivity contribution in [3.8, 4) is 0 Å². The SMILES string of the molecule is Cc1[nH]n(C2CCOC2)c(=O)c1N. The minimum atomic E-state index is -0.131. The maximum atomic E-state index is 11.5. The van der Waals surface area contributed by atoms with Crippen LogP contribution in [0, 0.1) is 6.92 Å². The standard InChI is InChI=1S/C8H13N3O2/c1-5-7(9)8(12)11(10-5)6-2-3-13-4-6/h6,10H,2-4,9H2,1H3. The number of H-pyrrole nitrogens is 1. The number of nitrogens with two attached hydrogens (primary N) is 1. The Morgan fingerprint density at radius 3 is 2.92 bits per heavy atom. The van der Waals surface area contributed by atoms with Gasteiger partial charge in [0.05, 0.1) is 18.3 Å². The molecule has 0 amide bonds. The van der Waals surface area contributed by atoms with E-state index >= 15 is 0 Å². The second-order valence-electron chi connectivity index (χ2n) is 3.34. The molecule has 5 nitrogen and oxygen atoms in total. The van der Waals surface area contributed by atoms with Crippen molar-refractivity contribution >= 4 is 5.69 Å². The minimum Gasteiger partial charge on any atom is -0.393 e. The molecule has 1 saturated heterocycles. The second kappa shape index (κ2) is 2.92. The molecule has 0 spiro atoms. The summed E-state index contributed by atoms with van der Waals surface area (Å²) in [6.07, 6.45) is 0.874. The van der Waals surface area contributed by atoms with Gasteiger partial charge < -0.3 is 10.5 Å². The number of nitrogens with zero attached hydrogens (tertiary/aromatic N) is 1. The van der Waals surface area contributed by atoms with Crippen LogP contribution in [0.25, 0.3) is 0 Å². The predicted octanol–water partition coefficient (Wildman–Crippen LogP) is 0.0284. The molecule has 1 aromatic heterocycles. The van der Waals surface area contributed by atoms with E-state index in [1.165, 1.54) is 0 Å². The van der Waals surface area contributed by atoms with Gasteiger partial charge in [0.25, 0.3) is 5.56 Å². The predicted molar refractivity (Wildman–Crippen MR) is 48.7 cm³/mol. The third kappa shape index (κ3) is 1.25. The average Bonchev–Trinajstić information content (AvgIpc) is 2.70. The van der Waals surface area contributed by atoms with E-state index in [0.717, 1.165) is 18.7 Å². The molecule has 1 aromatic rings. The van der Waals surface area contributed by atoms with Gasteiger partial charge >= 0.3 is 0 Å². The Morgan fingerprint density at radius 1 is 1.69 bits per heavy atom. The summed E-state index contributed by atoms with van der Waals surface area (Å²) >= 11 is 0. The molecule has 1 aliphatic heterocycles. The van der Waals surface area contributed by atoms with E-state index in [-0.39, 0.29) is 11.6 Å². The maximum Gasteiger partial charge on any atom is 0.290 e. The van der Waals surface area contributed by atoms with E-state index in [0.29, 0.717) is 12.3 Å². The van der Waals surface area contributed by atoms with E-state index in [9.17, 15) is 4.79 Å². The first-order valence-electron chi connectivity index (χ1n) is 4.34. The molecule has 5 heteroatoms. The van der Waals surface area contributed by atoms with E-state index < -0.39 is 0 Å². The molecule has 1 unspecified atom stereocenters. The third-order valence-corrected chi connectivity index (χ3v) is 2.41. The quantitative estimate of drug-likeness (QED) is 0.645. The fourth-order valence-corrected chi connectivity index (χ4v) is 1.56. The second-order valence-corrected chi connectivity index (χ2v) is 3.34. The number of rotatable bonds is 1. The molecule has 2 heterocycles. The van der Waals surface area contributed by atoms with Crippen LogP contribution >= 0.6 is 0 Å². The Balaban J connectivity index is 2.40. The summed E-state index contributed by atoms with van der Waals surface area (Å²) in [5, 5.41) is 2.95.